The smallest absolute Gasteiger partial charge is 0.314 e. The fourth-order valence-corrected chi connectivity index (χ4v) is 2.76. The number of benzene rings is 1. The third-order valence-electron chi connectivity index (χ3n) is 3.66. The van der Waals surface area contributed by atoms with E-state index >= 15 is 0 Å². The zero-order chi connectivity index (χ0) is 13.5. The minimum atomic E-state index is -0.0704. The number of rotatable bonds is 5. The molecule has 1 fully saturated rings. The summed E-state index contributed by atoms with van der Waals surface area (Å²) in [6, 6.07) is 7.66. The third kappa shape index (κ3) is 4.75. The Balaban J connectivity index is 1.62. The van der Waals surface area contributed by atoms with Crippen LogP contribution in [0.1, 0.15) is 31.2 Å². The molecule has 1 aromatic carbocycles. The van der Waals surface area contributed by atoms with Crippen LogP contribution in [0.3, 0.4) is 0 Å². The van der Waals surface area contributed by atoms with Crippen LogP contribution in [-0.4, -0.2) is 19.1 Å². The molecule has 19 heavy (non-hydrogen) atoms. The van der Waals surface area contributed by atoms with Crippen LogP contribution in [0, 0.1) is 5.92 Å². The molecule has 3 nitrogen and oxygen atoms in total. The number of hydrogen-bond acceptors (Lipinski definition) is 1. The summed E-state index contributed by atoms with van der Waals surface area (Å²) in [6.45, 7) is 1.41. The fraction of sp³-hybridized carbons (Fsp3) is 0.533. The number of carbonyl (C=O) groups excluding carboxylic acids is 1. The van der Waals surface area contributed by atoms with Crippen molar-refractivity contribution in [3.8, 4) is 0 Å². The highest BCUT2D eigenvalue weighted by Crippen LogP contribution is 2.23. The first-order valence-corrected chi connectivity index (χ1v) is 7.38. The summed E-state index contributed by atoms with van der Waals surface area (Å²) in [5.41, 5.74) is 1.07. The summed E-state index contributed by atoms with van der Waals surface area (Å²) in [5.74, 6) is 0.675. The zero-order valence-corrected chi connectivity index (χ0v) is 11.9. The molecule has 0 atom stereocenters. The second kappa shape index (κ2) is 7.39. The fourth-order valence-electron chi connectivity index (χ4n) is 2.53. The maximum absolute atomic E-state index is 11.6. The Morgan fingerprint density at radius 1 is 1.21 bits per heavy atom. The van der Waals surface area contributed by atoms with Crippen molar-refractivity contribution < 1.29 is 4.79 Å². The quantitative estimate of drug-likeness (QED) is 0.853. The number of hydrogen-bond donors (Lipinski definition) is 2. The Morgan fingerprint density at radius 3 is 2.68 bits per heavy atom. The van der Waals surface area contributed by atoms with E-state index in [-0.39, 0.29) is 6.03 Å². The zero-order valence-electron chi connectivity index (χ0n) is 11.1. The summed E-state index contributed by atoms with van der Waals surface area (Å²) >= 11 is 6.06. The van der Waals surface area contributed by atoms with Gasteiger partial charge < -0.3 is 10.6 Å². The molecule has 0 unspecified atom stereocenters. The lowest BCUT2D eigenvalue weighted by Gasteiger charge is -2.11. The Labute approximate surface area is 119 Å². The number of nitrogens with one attached hydrogen (secondary N) is 2. The van der Waals surface area contributed by atoms with E-state index in [0.29, 0.717) is 12.5 Å². The topological polar surface area (TPSA) is 41.1 Å². The van der Waals surface area contributed by atoms with Crippen LogP contribution in [0.2, 0.25) is 5.02 Å². The van der Waals surface area contributed by atoms with Crippen LogP contribution in [-0.2, 0) is 6.42 Å². The molecule has 0 spiro atoms. The van der Waals surface area contributed by atoms with Crippen LogP contribution in [0.5, 0.6) is 0 Å². The molecule has 104 valence electrons. The first-order valence-electron chi connectivity index (χ1n) is 7.01. The third-order valence-corrected chi connectivity index (χ3v) is 4.03. The van der Waals surface area contributed by atoms with Gasteiger partial charge in [-0.15, -0.1) is 0 Å². The predicted molar refractivity (Wildman–Crippen MR) is 78.5 cm³/mol. The maximum Gasteiger partial charge on any atom is 0.314 e. The van der Waals surface area contributed by atoms with E-state index in [2.05, 4.69) is 10.6 Å². The van der Waals surface area contributed by atoms with Gasteiger partial charge in [0.25, 0.3) is 0 Å². The van der Waals surface area contributed by atoms with Gasteiger partial charge in [0, 0.05) is 18.1 Å². The van der Waals surface area contributed by atoms with Crippen molar-refractivity contribution in [2.75, 3.05) is 13.1 Å². The Bertz CT molecular complexity index is 416. The largest absolute Gasteiger partial charge is 0.338 e. The van der Waals surface area contributed by atoms with Crippen molar-refractivity contribution in [3.63, 3.8) is 0 Å². The van der Waals surface area contributed by atoms with E-state index in [0.717, 1.165) is 23.6 Å². The number of urea groups is 1. The maximum atomic E-state index is 11.6. The van der Waals surface area contributed by atoms with E-state index < -0.39 is 0 Å². The first-order chi connectivity index (χ1) is 9.25. The molecule has 0 heterocycles. The van der Waals surface area contributed by atoms with Crippen LogP contribution in [0.15, 0.2) is 24.3 Å². The normalized spacial score (nSPS) is 15.4. The Hall–Kier alpha value is -1.22. The van der Waals surface area contributed by atoms with Gasteiger partial charge in [0.1, 0.15) is 0 Å². The molecule has 2 amide bonds. The van der Waals surface area contributed by atoms with E-state index in [9.17, 15) is 4.79 Å². The Morgan fingerprint density at radius 2 is 1.95 bits per heavy atom. The van der Waals surface area contributed by atoms with Gasteiger partial charge in [0.05, 0.1) is 0 Å². The standard InChI is InChI=1S/C15H21ClN2O/c16-14-8-4-3-7-13(14)9-10-17-15(19)18-11-12-5-1-2-6-12/h3-4,7-8,12H,1-2,5-6,9-11H2,(H2,17,18,19). The second-order valence-corrected chi connectivity index (χ2v) is 5.54. The second-order valence-electron chi connectivity index (χ2n) is 5.13. The van der Waals surface area contributed by atoms with Crippen LogP contribution >= 0.6 is 11.6 Å². The molecule has 1 saturated carbocycles. The lowest BCUT2D eigenvalue weighted by Crippen LogP contribution is -2.38. The van der Waals surface area contributed by atoms with Crippen LogP contribution < -0.4 is 10.6 Å². The summed E-state index contributed by atoms with van der Waals surface area (Å²) in [4.78, 5) is 11.6. The lowest BCUT2D eigenvalue weighted by atomic mass is 10.1. The van der Waals surface area contributed by atoms with Gasteiger partial charge in [0.2, 0.25) is 0 Å². The van der Waals surface area contributed by atoms with E-state index in [1.807, 2.05) is 24.3 Å². The molecule has 0 aliphatic heterocycles. The molecular formula is C15H21ClN2O. The molecule has 4 heteroatoms. The van der Waals surface area contributed by atoms with Crippen molar-refractivity contribution in [1.82, 2.24) is 10.6 Å². The molecule has 0 radical (unpaired) electrons. The van der Waals surface area contributed by atoms with Gasteiger partial charge in [-0.25, -0.2) is 4.79 Å². The van der Waals surface area contributed by atoms with Crippen LogP contribution in [0.25, 0.3) is 0 Å². The van der Waals surface area contributed by atoms with Crippen molar-refractivity contribution >= 4 is 17.6 Å². The lowest BCUT2D eigenvalue weighted by molar-refractivity contribution is 0.239. The van der Waals surface area contributed by atoms with Crippen LogP contribution in [0.4, 0.5) is 4.79 Å². The SMILES string of the molecule is O=C(NCCc1ccccc1Cl)NCC1CCCC1. The molecular weight excluding hydrogens is 260 g/mol. The van der Waals surface area contributed by atoms with Crippen molar-refractivity contribution in [1.29, 1.82) is 0 Å². The Kier molecular flexibility index (Phi) is 5.52. The average molecular weight is 281 g/mol. The molecule has 0 saturated heterocycles. The van der Waals surface area contributed by atoms with Gasteiger partial charge in [0.15, 0.2) is 0 Å². The number of carbonyl (C=O) groups is 1. The summed E-state index contributed by atoms with van der Waals surface area (Å²) in [7, 11) is 0. The predicted octanol–water partition coefficient (Wildman–Crippen LogP) is 3.37. The van der Waals surface area contributed by atoms with E-state index in [1.165, 1.54) is 25.7 Å². The molecule has 1 aliphatic rings. The monoisotopic (exact) mass is 280 g/mol. The summed E-state index contributed by atoms with van der Waals surface area (Å²) < 4.78 is 0. The van der Waals surface area contributed by atoms with E-state index in [1.54, 1.807) is 0 Å². The van der Waals surface area contributed by atoms with Gasteiger partial charge in [-0.3, -0.25) is 0 Å². The highest BCUT2D eigenvalue weighted by atomic mass is 35.5. The summed E-state index contributed by atoms with van der Waals surface area (Å²) in [5, 5.41) is 6.58. The highest BCUT2D eigenvalue weighted by molar-refractivity contribution is 6.31. The minimum absolute atomic E-state index is 0.0704. The van der Waals surface area contributed by atoms with Gasteiger partial charge in [-0.2, -0.15) is 0 Å². The molecule has 2 rings (SSSR count). The highest BCUT2D eigenvalue weighted by Gasteiger charge is 2.15. The van der Waals surface area contributed by atoms with Gasteiger partial charge in [-0.1, -0.05) is 42.6 Å². The summed E-state index contributed by atoms with van der Waals surface area (Å²) in [6.07, 6.45) is 5.87. The van der Waals surface area contributed by atoms with Crippen molar-refractivity contribution in [3.05, 3.63) is 34.9 Å². The van der Waals surface area contributed by atoms with E-state index in [4.69, 9.17) is 11.6 Å². The molecule has 1 aromatic rings. The molecule has 0 bridgehead atoms. The molecule has 2 N–H and O–H groups in total. The number of amides is 2. The number of halogens is 1. The molecule has 0 aromatic heterocycles. The first kappa shape index (κ1) is 14.2. The van der Waals surface area contributed by atoms with Crippen molar-refractivity contribution in [2.45, 2.75) is 32.1 Å². The van der Waals surface area contributed by atoms with Gasteiger partial charge >= 0.3 is 6.03 Å². The van der Waals surface area contributed by atoms with Crippen molar-refractivity contribution in [2.24, 2.45) is 5.92 Å². The van der Waals surface area contributed by atoms with Gasteiger partial charge in [-0.05, 0) is 36.8 Å². The average Bonchev–Trinajstić information content (AvgIpc) is 2.92. The molecule has 1 aliphatic carbocycles. The minimum Gasteiger partial charge on any atom is -0.338 e.